The Morgan fingerprint density at radius 1 is 1.28 bits per heavy atom. The van der Waals surface area contributed by atoms with Crippen LogP contribution in [0.25, 0.3) is 11.2 Å². The minimum Gasteiger partial charge on any atom is -0.505 e. The van der Waals surface area contributed by atoms with Crippen LogP contribution >= 0.6 is 11.6 Å². The minimum absolute atomic E-state index is 0.0391. The summed E-state index contributed by atoms with van der Waals surface area (Å²) in [5.41, 5.74) is -0.334. The molecular formula is C17H14ClN3O4. The van der Waals surface area contributed by atoms with Crippen molar-refractivity contribution in [2.24, 2.45) is 0 Å². The molecule has 0 saturated heterocycles. The number of pyridine rings is 1. The summed E-state index contributed by atoms with van der Waals surface area (Å²) >= 11 is 6.17. The lowest BCUT2D eigenvalue weighted by Gasteiger charge is -2.13. The Morgan fingerprint density at radius 3 is 2.72 bits per heavy atom. The van der Waals surface area contributed by atoms with Crippen molar-refractivity contribution in [3.63, 3.8) is 0 Å². The summed E-state index contributed by atoms with van der Waals surface area (Å²) in [4.78, 5) is 33.1. The van der Waals surface area contributed by atoms with E-state index in [1.54, 1.807) is 31.2 Å². The van der Waals surface area contributed by atoms with Crippen molar-refractivity contribution < 1.29 is 14.6 Å². The molecular weight excluding hydrogens is 346 g/mol. The highest BCUT2D eigenvalue weighted by Gasteiger charge is 2.24. The van der Waals surface area contributed by atoms with E-state index in [2.05, 4.69) is 9.97 Å². The Bertz CT molecular complexity index is 1020. The van der Waals surface area contributed by atoms with Gasteiger partial charge in [-0.2, -0.15) is 0 Å². The third-order valence-corrected chi connectivity index (χ3v) is 3.99. The summed E-state index contributed by atoms with van der Waals surface area (Å²) in [6, 6.07) is 7.01. The molecule has 0 saturated carbocycles. The number of fused-ring (bicyclic) bond motifs is 1. The molecule has 0 aliphatic rings. The van der Waals surface area contributed by atoms with Crippen LogP contribution in [0.4, 0.5) is 0 Å². The van der Waals surface area contributed by atoms with Gasteiger partial charge in [-0.3, -0.25) is 9.36 Å². The van der Waals surface area contributed by atoms with Crippen molar-refractivity contribution >= 4 is 28.7 Å². The van der Waals surface area contributed by atoms with Crippen LogP contribution in [0.5, 0.6) is 5.75 Å². The molecule has 2 aromatic heterocycles. The van der Waals surface area contributed by atoms with Gasteiger partial charge in [0.15, 0.2) is 17.0 Å². The average molecular weight is 360 g/mol. The van der Waals surface area contributed by atoms with Crippen LogP contribution in [0.2, 0.25) is 5.02 Å². The SMILES string of the molecule is CCOC(=O)c1c(O)c2nccnc2n(Cc2ccccc2Cl)c1=O. The largest absolute Gasteiger partial charge is 0.505 e. The van der Waals surface area contributed by atoms with E-state index in [9.17, 15) is 14.7 Å². The molecule has 1 N–H and O–H groups in total. The van der Waals surface area contributed by atoms with Gasteiger partial charge in [-0.15, -0.1) is 0 Å². The number of rotatable bonds is 4. The zero-order valence-corrected chi connectivity index (χ0v) is 14.0. The molecule has 1 aromatic carbocycles. The lowest BCUT2D eigenvalue weighted by Crippen LogP contribution is -2.29. The van der Waals surface area contributed by atoms with Gasteiger partial charge in [-0.25, -0.2) is 14.8 Å². The first-order chi connectivity index (χ1) is 12.0. The van der Waals surface area contributed by atoms with E-state index in [1.807, 2.05) is 0 Å². The molecule has 25 heavy (non-hydrogen) atoms. The highest BCUT2D eigenvalue weighted by atomic mass is 35.5. The highest BCUT2D eigenvalue weighted by molar-refractivity contribution is 6.31. The van der Waals surface area contributed by atoms with Crippen LogP contribution in [0, 0.1) is 0 Å². The van der Waals surface area contributed by atoms with Crippen LogP contribution in [-0.2, 0) is 11.3 Å². The maximum atomic E-state index is 12.8. The first-order valence-electron chi connectivity index (χ1n) is 7.51. The summed E-state index contributed by atoms with van der Waals surface area (Å²) in [5.74, 6) is -1.45. The quantitative estimate of drug-likeness (QED) is 0.719. The molecule has 0 radical (unpaired) electrons. The Kier molecular flexibility index (Phi) is 4.67. The van der Waals surface area contributed by atoms with Crippen LogP contribution < -0.4 is 5.56 Å². The van der Waals surface area contributed by atoms with Crippen LogP contribution in [0.1, 0.15) is 22.8 Å². The Labute approximate surface area is 147 Å². The van der Waals surface area contributed by atoms with Crippen molar-refractivity contribution in [3.05, 3.63) is 63.2 Å². The van der Waals surface area contributed by atoms with Gasteiger partial charge in [0.2, 0.25) is 0 Å². The van der Waals surface area contributed by atoms with Crippen molar-refractivity contribution in [2.45, 2.75) is 13.5 Å². The zero-order valence-electron chi connectivity index (χ0n) is 13.3. The van der Waals surface area contributed by atoms with E-state index in [0.717, 1.165) is 0 Å². The summed E-state index contributed by atoms with van der Waals surface area (Å²) in [6.07, 6.45) is 2.76. The Hall–Kier alpha value is -2.93. The fraction of sp³-hybridized carbons (Fsp3) is 0.176. The average Bonchev–Trinajstić information content (AvgIpc) is 2.60. The number of nitrogens with zero attached hydrogens (tertiary/aromatic N) is 3. The first kappa shape index (κ1) is 16.9. The number of hydrogen-bond acceptors (Lipinski definition) is 6. The maximum absolute atomic E-state index is 12.8. The number of hydrogen-bond donors (Lipinski definition) is 1. The monoisotopic (exact) mass is 359 g/mol. The predicted octanol–water partition coefficient (Wildman–Crippen LogP) is 2.38. The smallest absolute Gasteiger partial charge is 0.347 e. The lowest BCUT2D eigenvalue weighted by atomic mass is 10.2. The molecule has 128 valence electrons. The maximum Gasteiger partial charge on any atom is 0.347 e. The molecule has 0 amide bonds. The first-order valence-corrected chi connectivity index (χ1v) is 7.89. The topological polar surface area (TPSA) is 94.3 Å². The molecule has 0 bridgehead atoms. The number of carbonyl (C=O) groups is 1. The van der Waals surface area contributed by atoms with Gasteiger partial charge in [0.05, 0.1) is 13.2 Å². The van der Waals surface area contributed by atoms with E-state index in [0.29, 0.717) is 10.6 Å². The van der Waals surface area contributed by atoms with Crippen molar-refractivity contribution in [3.8, 4) is 5.75 Å². The summed E-state index contributed by atoms with van der Waals surface area (Å²) in [5, 5.41) is 10.8. The molecule has 0 unspecified atom stereocenters. The number of aromatic hydroxyl groups is 1. The molecule has 8 heteroatoms. The van der Waals surface area contributed by atoms with Crippen LogP contribution in [0.3, 0.4) is 0 Å². The number of esters is 1. The zero-order chi connectivity index (χ0) is 18.0. The van der Waals surface area contributed by atoms with Gasteiger partial charge in [-0.05, 0) is 18.6 Å². The molecule has 0 aliphatic carbocycles. The van der Waals surface area contributed by atoms with Crippen molar-refractivity contribution in [2.75, 3.05) is 6.61 Å². The Balaban J connectivity index is 2.28. The van der Waals surface area contributed by atoms with E-state index >= 15 is 0 Å². The van der Waals surface area contributed by atoms with Gasteiger partial charge in [-0.1, -0.05) is 29.8 Å². The second-order valence-corrected chi connectivity index (χ2v) is 5.56. The third-order valence-electron chi connectivity index (χ3n) is 3.62. The second-order valence-electron chi connectivity index (χ2n) is 5.16. The molecule has 0 fully saturated rings. The Morgan fingerprint density at radius 2 is 2.00 bits per heavy atom. The predicted molar refractivity (Wildman–Crippen MR) is 92.0 cm³/mol. The number of aromatic nitrogens is 3. The van der Waals surface area contributed by atoms with Crippen molar-refractivity contribution in [1.82, 2.24) is 14.5 Å². The third kappa shape index (κ3) is 3.06. The summed E-state index contributed by atoms with van der Waals surface area (Å²) in [7, 11) is 0. The standard InChI is InChI=1S/C17H14ClN3O4/c1-2-25-17(24)12-14(22)13-15(20-8-7-19-13)21(16(12)23)9-10-5-3-4-6-11(10)18/h3-8,22H,2,9H2,1H3. The second kappa shape index (κ2) is 6.90. The van der Waals surface area contributed by atoms with E-state index < -0.39 is 22.8 Å². The van der Waals surface area contributed by atoms with E-state index in [-0.39, 0.29) is 24.3 Å². The lowest BCUT2D eigenvalue weighted by molar-refractivity contribution is 0.0520. The number of benzene rings is 1. The molecule has 3 aromatic rings. The van der Waals surface area contributed by atoms with Gasteiger partial charge < -0.3 is 9.84 Å². The molecule has 3 rings (SSSR count). The van der Waals surface area contributed by atoms with Gasteiger partial charge in [0.25, 0.3) is 5.56 Å². The molecule has 0 aliphatic heterocycles. The highest BCUT2D eigenvalue weighted by Crippen LogP contribution is 2.25. The van der Waals surface area contributed by atoms with E-state index in [1.165, 1.54) is 17.0 Å². The normalized spacial score (nSPS) is 10.8. The summed E-state index contributed by atoms with van der Waals surface area (Å²) in [6.45, 7) is 1.75. The molecule has 0 spiro atoms. The van der Waals surface area contributed by atoms with Crippen LogP contribution in [-0.4, -0.2) is 32.2 Å². The minimum atomic E-state index is -0.912. The number of halogens is 1. The number of ether oxygens (including phenoxy) is 1. The molecule has 2 heterocycles. The fourth-order valence-electron chi connectivity index (χ4n) is 2.48. The van der Waals surface area contributed by atoms with Gasteiger partial charge in [0, 0.05) is 17.4 Å². The molecule has 7 nitrogen and oxygen atoms in total. The fourth-order valence-corrected chi connectivity index (χ4v) is 2.67. The van der Waals surface area contributed by atoms with Crippen molar-refractivity contribution in [1.29, 1.82) is 0 Å². The number of carbonyl (C=O) groups excluding carboxylic acids is 1. The van der Waals surface area contributed by atoms with Gasteiger partial charge >= 0.3 is 5.97 Å². The van der Waals surface area contributed by atoms with Crippen LogP contribution in [0.15, 0.2) is 41.5 Å². The summed E-state index contributed by atoms with van der Waals surface area (Å²) < 4.78 is 6.13. The molecule has 0 atom stereocenters. The van der Waals surface area contributed by atoms with E-state index in [4.69, 9.17) is 16.3 Å². The van der Waals surface area contributed by atoms with Gasteiger partial charge in [0.1, 0.15) is 5.52 Å².